The minimum Gasteiger partial charge on any atom is -0.456 e. The van der Waals surface area contributed by atoms with Crippen LogP contribution in [0.1, 0.15) is 16.8 Å². The van der Waals surface area contributed by atoms with Gasteiger partial charge in [0.25, 0.3) is 0 Å². The quantitative estimate of drug-likeness (QED) is 0.906. The van der Waals surface area contributed by atoms with Gasteiger partial charge in [-0.1, -0.05) is 6.07 Å². The van der Waals surface area contributed by atoms with Gasteiger partial charge in [-0.25, -0.2) is 4.39 Å². The second kappa shape index (κ2) is 5.14. The van der Waals surface area contributed by atoms with Crippen molar-refractivity contribution >= 4 is 0 Å². The van der Waals surface area contributed by atoms with E-state index < -0.39 is 0 Å². The zero-order valence-corrected chi connectivity index (χ0v) is 10.3. The van der Waals surface area contributed by atoms with E-state index in [-0.39, 0.29) is 12.4 Å². The minimum absolute atomic E-state index is 0.170. The summed E-state index contributed by atoms with van der Waals surface area (Å²) in [5.74, 6) is 0.584. The third kappa shape index (κ3) is 2.65. The number of aliphatic hydroxyl groups excluding tert-OH is 1. The SMILES string of the molecule is Cc1cc(Oc2cc(F)ccc2C)c(CO)cn1. The zero-order chi connectivity index (χ0) is 13.1. The Bertz CT molecular complexity index is 570. The number of aliphatic hydroxyl groups is 1. The number of benzene rings is 1. The van der Waals surface area contributed by atoms with Crippen LogP contribution in [0, 0.1) is 19.7 Å². The molecule has 2 rings (SSSR count). The van der Waals surface area contributed by atoms with Crippen LogP contribution in [0.2, 0.25) is 0 Å². The number of hydrogen-bond acceptors (Lipinski definition) is 3. The van der Waals surface area contributed by atoms with Gasteiger partial charge >= 0.3 is 0 Å². The van der Waals surface area contributed by atoms with Gasteiger partial charge in [-0.3, -0.25) is 4.98 Å². The number of halogens is 1. The second-order valence-electron chi connectivity index (χ2n) is 4.10. The van der Waals surface area contributed by atoms with E-state index in [1.54, 1.807) is 18.3 Å². The molecule has 0 saturated carbocycles. The molecule has 0 spiro atoms. The van der Waals surface area contributed by atoms with Crippen LogP contribution in [-0.4, -0.2) is 10.1 Å². The van der Waals surface area contributed by atoms with Crippen molar-refractivity contribution in [1.29, 1.82) is 0 Å². The number of aryl methyl sites for hydroxylation is 2. The van der Waals surface area contributed by atoms with Crippen LogP contribution < -0.4 is 4.74 Å². The molecule has 2 aromatic rings. The van der Waals surface area contributed by atoms with Crippen LogP contribution in [0.3, 0.4) is 0 Å². The highest BCUT2D eigenvalue weighted by Gasteiger charge is 2.08. The zero-order valence-electron chi connectivity index (χ0n) is 10.3. The third-order valence-electron chi connectivity index (χ3n) is 2.62. The third-order valence-corrected chi connectivity index (χ3v) is 2.62. The Labute approximate surface area is 105 Å². The Morgan fingerprint density at radius 3 is 2.72 bits per heavy atom. The van der Waals surface area contributed by atoms with Crippen LogP contribution >= 0.6 is 0 Å². The molecule has 94 valence electrons. The molecular formula is C14H14FNO2. The van der Waals surface area contributed by atoms with E-state index in [2.05, 4.69) is 4.98 Å². The molecule has 0 radical (unpaired) electrons. The number of ether oxygens (including phenoxy) is 1. The van der Waals surface area contributed by atoms with Crippen molar-refractivity contribution in [1.82, 2.24) is 4.98 Å². The average Bonchev–Trinajstić information content (AvgIpc) is 2.34. The van der Waals surface area contributed by atoms with Gasteiger partial charge in [-0.2, -0.15) is 0 Å². The number of pyridine rings is 1. The summed E-state index contributed by atoms with van der Waals surface area (Å²) in [6.07, 6.45) is 1.55. The smallest absolute Gasteiger partial charge is 0.136 e. The lowest BCUT2D eigenvalue weighted by Gasteiger charge is -2.12. The van der Waals surface area contributed by atoms with Crippen LogP contribution in [0.5, 0.6) is 11.5 Å². The summed E-state index contributed by atoms with van der Waals surface area (Å²) in [4.78, 5) is 4.08. The topological polar surface area (TPSA) is 42.4 Å². The molecule has 1 aromatic heterocycles. The first-order valence-corrected chi connectivity index (χ1v) is 5.60. The Kier molecular flexibility index (Phi) is 3.58. The largest absolute Gasteiger partial charge is 0.456 e. The first-order chi connectivity index (χ1) is 8.60. The summed E-state index contributed by atoms with van der Waals surface area (Å²) < 4.78 is 18.8. The van der Waals surface area contributed by atoms with E-state index in [4.69, 9.17) is 4.74 Å². The maximum absolute atomic E-state index is 13.2. The van der Waals surface area contributed by atoms with Crippen molar-refractivity contribution < 1.29 is 14.2 Å². The van der Waals surface area contributed by atoms with Crippen molar-refractivity contribution in [3.8, 4) is 11.5 Å². The average molecular weight is 247 g/mol. The minimum atomic E-state index is -0.355. The van der Waals surface area contributed by atoms with Gasteiger partial charge < -0.3 is 9.84 Å². The number of rotatable bonds is 3. The Balaban J connectivity index is 2.38. The highest BCUT2D eigenvalue weighted by atomic mass is 19.1. The predicted molar refractivity (Wildman–Crippen MR) is 66.1 cm³/mol. The molecule has 0 unspecified atom stereocenters. The van der Waals surface area contributed by atoms with Crippen LogP contribution in [0.15, 0.2) is 30.5 Å². The molecule has 0 amide bonds. The molecule has 4 heteroatoms. The molecule has 1 heterocycles. The lowest BCUT2D eigenvalue weighted by Crippen LogP contribution is -1.96. The molecule has 0 aliphatic rings. The molecule has 0 fully saturated rings. The molecule has 3 nitrogen and oxygen atoms in total. The molecule has 18 heavy (non-hydrogen) atoms. The lowest BCUT2D eigenvalue weighted by molar-refractivity contribution is 0.276. The van der Waals surface area contributed by atoms with Gasteiger partial charge in [0.2, 0.25) is 0 Å². The van der Waals surface area contributed by atoms with E-state index in [1.165, 1.54) is 12.1 Å². The van der Waals surface area contributed by atoms with Crippen molar-refractivity contribution in [2.75, 3.05) is 0 Å². The number of nitrogens with zero attached hydrogens (tertiary/aromatic N) is 1. The van der Waals surface area contributed by atoms with Gasteiger partial charge in [0.15, 0.2) is 0 Å². The first kappa shape index (κ1) is 12.5. The molecule has 0 aliphatic carbocycles. The summed E-state index contributed by atoms with van der Waals surface area (Å²) in [7, 11) is 0. The molecule has 0 bridgehead atoms. The van der Waals surface area contributed by atoms with E-state index in [0.29, 0.717) is 17.1 Å². The van der Waals surface area contributed by atoms with Gasteiger partial charge in [0.1, 0.15) is 17.3 Å². The monoisotopic (exact) mass is 247 g/mol. The maximum Gasteiger partial charge on any atom is 0.136 e. The summed E-state index contributed by atoms with van der Waals surface area (Å²) in [5, 5.41) is 9.22. The first-order valence-electron chi connectivity index (χ1n) is 5.60. The Morgan fingerprint density at radius 1 is 1.22 bits per heavy atom. The van der Waals surface area contributed by atoms with Crippen molar-refractivity contribution in [2.45, 2.75) is 20.5 Å². The van der Waals surface area contributed by atoms with Crippen molar-refractivity contribution in [3.05, 3.63) is 53.1 Å². The van der Waals surface area contributed by atoms with E-state index >= 15 is 0 Å². The van der Waals surface area contributed by atoms with Crippen LogP contribution in [0.25, 0.3) is 0 Å². The summed E-state index contributed by atoms with van der Waals surface area (Å²) >= 11 is 0. The van der Waals surface area contributed by atoms with Gasteiger partial charge in [-0.05, 0) is 25.5 Å². The fraction of sp³-hybridized carbons (Fsp3) is 0.214. The van der Waals surface area contributed by atoms with Crippen LogP contribution in [-0.2, 0) is 6.61 Å². The maximum atomic E-state index is 13.2. The fourth-order valence-electron chi connectivity index (χ4n) is 1.58. The molecule has 0 atom stereocenters. The van der Waals surface area contributed by atoms with Crippen molar-refractivity contribution in [2.24, 2.45) is 0 Å². The van der Waals surface area contributed by atoms with Crippen LogP contribution in [0.4, 0.5) is 4.39 Å². The lowest BCUT2D eigenvalue weighted by atomic mass is 10.2. The summed E-state index contributed by atoms with van der Waals surface area (Å²) in [6, 6.07) is 6.08. The standard InChI is InChI=1S/C14H14FNO2/c1-9-3-4-12(15)6-13(9)18-14-5-10(2)16-7-11(14)8-17/h3-7,17H,8H2,1-2H3. The molecule has 1 aromatic carbocycles. The van der Waals surface area contributed by atoms with Crippen molar-refractivity contribution in [3.63, 3.8) is 0 Å². The normalized spacial score (nSPS) is 10.4. The molecule has 0 saturated heterocycles. The highest BCUT2D eigenvalue weighted by Crippen LogP contribution is 2.28. The van der Waals surface area contributed by atoms with Gasteiger partial charge in [0.05, 0.1) is 6.61 Å². The van der Waals surface area contributed by atoms with E-state index in [9.17, 15) is 9.50 Å². The highest BCUT2D eigenvalue weighted by molar-refractivity contribution is 5.40. The summed E-state index contributed by atoms with van der Waals surface area (Å²) in [5.41, 5.74) is 2.18. The predicted octanol–water partition coefficient (Wildman–Crippen LogP) is 3.12. The van der Waals surface area contributed by atoms with E-state index in [1.807, 2.05) is 13.8 Å². The number of aromatic nitrogens is 1. The summed E-state index contributed by atoms with van der Waals surface area (Å²) in [6.45, 7) is 3.49. The Morgan fingerprint density at radius 2 is 2.00 bits per heavy atom. The Hall–Kier alpha value is -1.94. The van der Waals surface area contributed by atoms with Gasteiger partial charge in [0, 0.05) is 29.6 Å². The molecule has 0 aliphatic heterocycles. The van der Waals surface area contributed by atoms with Gasteiger partial charge in [-0.15, -0.1) is 0 Å². The van der Waals surface area contributed by atoms with E-state index in [0.717, 1.165) is 11.3 Å². The molecule has 1 N–H and O–H groups in total. The molecular weight excluding hydrogens is 233 g/mol. The fourth-order valence-corrected chi connectivity index (χ4v) is 1.58. The number of hydrogen-bond donors (Lipinski definition) is 1. The second-order valence-corrected chi connectivity index (χ2v) is 4.10.